The van der Waals surface area contributed by atoms with Gasteiger partial charge in [0.15, 0.2) is 0 Å². The predicted octanol–water partition coefficient (Wildman–Crippen LogP) is 2.79. The Morgan fingerprint density at radius 1 is 0.889 bits per heavy atom. The van der Waals surface area contributed by atoms with Crippen LogP contribution >= 0.6 is 0 Å². The van der Waals surface area contributed by atoms with Gasteiger partial charge in [0.1, 0.15) is 0 Å². The van der Waals surface area contributed by atoms with E-state index in [2.05, 4.69) is 22.9 Å². The second kappa shape index (κ2) is 15.6. The van der Waals surface area contributed by atoms with Crippen LogP contribution in [-0.2, 0) is 23.9 Å². The standard InChI is InChI=1S/C33H53N5O7/c1-21-5-2-3-7-27(21)36-33(44)35-23-10-8-22(9-11-23)17-29(39)34-24-12-13-28-26(18-24)32(43)37(15-14-31(41)42)20-30(40)38(28)19-25-6-4-16-45-25/h21-28H,2-20H2,1H3,(H,34,39)(H,41,42)(H2,35,36,44). The molecule has 5 aliphatic rings. The summed E-state index contributed by atoms with van der Waals surface area (Å²) in [6.07, 6.45) is 11.8. The number of hydrogen-bond donors (Lipinski definition) is 4. The Kier molecular flexibility index (Phi) is 11.6. The third-order valence-electron chi connectivity index (χ3n) is 11.0. The first-order chi connectivity index (χ1) is 21.7. The number of carboxylic acid groups (broad SMARTS) is 1. The van der Waals surface area contributed by atoms with E-state index >= 15 is 0 Å². The summed E-state index contributed by atoms with van der Waals surface area (Å²) >= 11 is 0. The Bertz CT molecular complexity index is 1070. The number of nitrogens with zero attached hydrogens (tertiary/aromatic N) is 2. The van der Waals surface area contributed by atoms with Crippen molar-refractivity contribution in [3.05, 3.63) is 0 Å². The summed E-state index contributed by atoms with van der Waals surface area (Å²) in [7, 11) is 0. The van der Waals surface area contributed by atoms with Gasteiger partial charge >= 0.3 is 12.0 Å². The van der Waals surface area contributed by atoms with E-state index in [4.69, 9.17) is 4.74 Å². The van der Waals surface area contributed by atoms with Gasteiger partial charge in [-0.15, -0.1) is 0 Å². The smallest absolute Gasteiger partial charge is 0.315 e. The fourth-order valence-corrected chi connectivity index (χ4v) is 8.33. The first-order valence-electron chi connectivity index (χ1n) is 17.4. The van der Waals surface area contributed by atoms with E-state index in [0.29, 0.717) is 44.8 Å². The van der Waals surface area contributed by atoms with Crippen LogP contribution in [0.2, 0.25) is 0 Å². The van der Waals surface area contributed by atoms with Gasteiger partial charge in [0, 0.05) is 50.3 Å². The third kappa shape index (κ3) is 9.10. The molecule has 6 atom stereocenters. The monoisotopic (exact) mass is 631 g/mol. The zero-order chi connectivity index (χ0) is 31.9. The van der Waals surface area contributed by atoms with Gasteiger partial charge in [0.25, 0.3) is 0 Å². The normalized spacial score (nSPS) is 34.1. The quantitative estimate of drug-likeness (QED) is 0.289. The molecule has 12 heteroatoms. The van der Waals surface area contributed by atoms with Crippen molar-refractivity contribution in [2.24, 2.45) is 17.8 Å². The highest BCUT2D eigenvalue weighted by Gasteiger charge is 2.46. The maximum atomic E-state index is 13.7. The van der Waals surface area contributed by atoms with Crippen molar-refractivity contribution in [2.45, 2.75) is 134 Å². The summed E-state index contributed by atoms with van der Waals surface area (Å²) in [6, 6.07) is -0.149. The minimum absolute atomic E-state index is 0.00713. The number of carbonyl (C=O) groups is 5. The minimum Gasteiger partial charge on any atom is -0.481 e. The lowest BCUT2D eigenvalue weighted by Crippen LogP contribution is -2.53. The van der Waals surface area contributed by atoms with E-state index in [1.807, 2.05) is 0 Å². The topological polar surface area (TPSA) is 157 Å². The Balaban J connectivity index is 1.10. The molecule has 12 nitrogen and oxygen atoms in total. The lowest BCUT2D eigenvalue weighted by Gasteiger charge is -2.41. The molecule has 2 aliphatic heterocycles. The zero-order valence-electron chi connectivity index (χ0n) is 26.8. The number of hydrogen-bond acceptors (Lipinski definition) is 6. The Morgan fingerprint density at radius 2 is 1.64 bits per heavy atom. The average Bonchev–Trinajstić information content (AvgIpc) is 3.50. The van der Waals surface area contributed by atoms with Crippen LogP contribution in [-0.4, -0.2) is 101 Å². The number of aliphatic carboxylic acids is 1. The van der Waals surface area contributed by atoms with Crippen LogP contribution in [0.3, 0.4) is 0 Å². The molecule has 5 fully saturated rings. The molecule has 5 rings (SSSR count). The highest BCUT2D eigenvalue weighted by atomic mass is 16.5. The van der Waals surface area contributed by atoms with E-state index in [1.165, 1.54) is 17.7 Å². The molecule has 0 aromatic rings. The van der Waals surface area contributed by atoms with Gasteiger partial charge < -0.3 is 35.6 Å². The predicted molar refractivity (Wildman–Crippen MR) is 166 cm³/mol. The van der Waals surface area contributed by atoms with Crippen LogP contribution < -0.4 is 16.0 Å². The number of ether oxygens (including phenoxy) is 1. The molecule has 3 saturated carbocycles. The lowest BCUT2D eigenvalue weighted by molar-refractivity contribution is -0.141. The summed E-state index contributed by atoms with van der Waals surface area (Å²) < 4.78 is 5.81. The number of fused-ring (bicyclic) bond motifs is 1. The number of amides is 5. The van der Waals surface area contributed by atoms with Gasteiger partial charge in [-0.3, -0.25) is 19.2 Å². The Morgan fingerprint density at radius 3 is 2.36 bits per heavy atom. The van der Waals surface area contributed by atoms with Gasteiger partial charge in [-0.2, -0.15) is 0 Å². The largest absolute Gasteiger partial charge is 0.481 e. The van der Waals surface area contributed by atoms with E-state index in [-0.39, 0.29) is 79.5 Å². The summed E-state index contributed by atoms with van der Waals surface area (Å²) in [5.74, 6) is -1.11. The molecule has 0 aromatic carbocycles. The van der Waals surface area contributed by atoms with Crippen molar-refractivity contribution >= 4 is 29.7 Å². The fraction of sp³-hybridized carbons (Fsp3) is 0.848. The van der Waals surface area contributed by atoms with Crippen molar-refractivity contribution in [2.75, 3.05) is 26.2 Å². The number of nitrogens with one attached hydrogen (secondary N) is 3. The van der Waals surface area contributed by atoms with Crippen LogP contribution in [0.4, 0.5) is 4.79 Å². The average molecular weight is 632 g/mol. The summed E-state index contributed by atoms with van der Waals surface area (Å²) in [6.45, 7) is 3.19. The molecule has 2 saturated heterocycles. The molecular weight excluding hydrogens is 578 g/mol. The van der Waals surface area contributed by atoms with E-state index in [9.17, 15) is 29.1 Å². The highest BCUT2D eigenvalue weighted by molar-refractivity contribution is 5.90. The summed E-state index contributed by atoms with van der Waals surface area (Å²) in [5.41, 5.74) is 0. The SMILES string of the molecule is CC1CCCCC1NC(=O)NC1CCC(CC(=O)NC2CCC3C(C2)C(=O)N(CCC(=O)O)CC(=O)N3CC2CCCO2)CC1. The van der Waals surface area contributed by atoms with Gasteiger partial charge in [-0.25, -0.2) is 4.79 Å². The van der Waals surface area contributed by atoms with Crippen LogP contribution in [0.1, 0.15) is 103 Å². The van der Waals surface area contributed by atoms with Crippen molar-refractivity contribution in [3.63, 3.8) is 0 Å². The maximum Gasteiger partial charge on any atom is 0.315 e. The molecule has 0 aromatic heterocycles. The van der Waals surface area contributed by atoms with E-state index in [0.717, 1.165) is 51.4 Å². The van der Waals surface area contributed by atoms with Crippen molar-refractivity contribution in [3.8, 4) is 0 Å². The Labute approximate surface area is 266 Å². The summed E-state index contributed by atoms with van der Waals surface area (Å²) in [5, 5.41) is 18.7. The third-order valence-corrected chi connectivity index (χ3v) is 11.0. The number of urea groups is 1. The Hall–Kier alpha value is -2.89. The number of carboxylic acids is 1. The first kappa shape index (κ1) is 33.5. The molecule has 0 bridgehead atoms. The van der Waals surface area contributed by atoms with Crippen LogP contribution in [0.15, 0.2) is 0 Å². The summed E-state index contributed by atoms with van der Waals surface area (Å²) in [4.78, 5) is 67.3. The highest BCUT2D eigenvalue weighted by Crippen LogP contribution is 2.34. The number of rotatable bonds is 10. The molecular formula is C33H53N5O7. The van der Waals surface area contributed by atoms with Crippen molar-refractivity contribution in [1.29, 1.82) is 0 Å². The van der Waals surface area contributed by atoms with E-state index in [1.54, 1.807) is 4.90 Å². The molecule has 252 valence electrons. The number of carbonyl (C=O) groups excluding carboxylic acids is 4. The zero-order valence-corrected chi connectivity index (χ0v) is 26.8. The van der Waals surface area contributed by atoms with Gasteiger partial charge in [0.05, 0.1) is 25.0 Å². The maximum absolute atomic E-state index is 13.7. The van der Waals surface area contributed by atoms with Gasteiger partial charge in [-0.1, -0.05) is 19.8 Å². The van der Waals surface area contributed by atoms with Gasteiger partial charge in [-0.05, 0) is 82.5 Å². The first-order valence-corrected chi connectivity index (χ1v) is 17.4. The second-order valence-corrected chi connectivity index (χ2v) is 14.2. The molecule has 0 radical (unpaired) electrons. The molecule has 3 aliphatic carbocycles. The van der Waals surface area contributed by atoms with Crippen LogP contribution in [0.25, 0.3) is 0 Å². The molecule has 6 unspecified atom stereocenters. The van der Waals surface area contributed by atoms with Crippen LogP contribution in [0.5, 0.6) is 0 Å². The molecule has 2 heterocycles. The van der Waals surface area contributed by atoms with E-state index < -0.39 is 11.9 Å². The minimum atomic E-state index is -1.01. The molecule has 0 spiro atoms. The van der Waals surface area contributed by atoms with Crippen LogP contribution in [0, 0.1) is 17.8 Å². The van der Waals surface area contributed by atoms with Crippen molar-refractivity contribution in [1.82, 2.24) is 25.8 Å². The lowest BCUT2D eigenvalue weighted by atomic mass is 9.79. The fourth-order valence-electron chi connectivity index (χ4n) is 8.33. The van der Waals surface area contributed by atoms with Gasteiger partial charge in [0.2, 0.25) is 17.7 Å². The molecule has 45 heavy (non-hydrogen) atoms. The molecule has 4 N–H and O–H groups in total. The molecule has 5 amide bonds. The van der Waals surface area contributed by atoms with Crippen molar-refractivity contribution < 1.29 is 33.8 Å². The second-order valence-electron chi connectivity index (χ2n) is 14.2.